The molecule has 0 aliphatic heterocycles. The molecule has 0 aliphatic rings. The molecule has 4 aromatic rings. The Balaban J connectivity index is 1.47. The van der Waals surface area contributed by atoms with E-state index in [4.69, 9.17) is 0 Å². The number of fused-ring (bicyclic) bond motifs is 1. The number of thiophene rings is 1. The van der Waals surface area contributed by atoms with Crippen LogP contribution in [-0.4, -0.2) is 27.0 Å². The van der Waals surface area contributed by atoms with Gasteiger partial charge in [-0.3, -0.25) is 4.79 Å². The van der Waals surface area contributed by atoms with Crippen molar-refractivity contribution in [3.8, 4) is 11.4 Å². The summed E-state index contributed by atoms with van der Waals surface area (Å²) in [5.41, 5.74) is 1.75. The number of carbonyl (C=O) groups is 1. The predicted molar refractivity (Wildman–Crippen MR) is 96.6 cm³/mol. The van der Waals surface area contributed by atoms with E-state index in [9.17, 15) is 9.18 Å². The highest BCUT2D eigenvalue weighted by Gasteiger charge is 2.12. The number of carbonyl (C=O) groups excluding carboxylic acids is 1. The van der Waals surface area contributed by atoms with Crippen molar-refractivity contribution in [2.24, 2.45) is 0 Å². The van der Waals surface area contributed by atoms with Crippen molar-refractivity contribution < 1.29 is 9.18 Å². The van der Waals surface area contributed by atoms with E-state index in [0.717, 1.165) is 16.2 Å². The average Bonchev–Trinajstić information content (AvgIpc) is 3.33. The van der Waals surface area contributed by atoms with E-state index >= 15 is 0 Å². The Morgan fingerprint density at radius 3 is 2.80 bits per heavy atom. The number of nitrogens with zero attached hydrogens (tertiary/aromatic N) is 3. The molecule has 0 saturated carbocycles. The molecular formula is C17H13FN4OS2. The van der Waals surface area contributed by atoms with Crippen LogP contribution >= 0.6 is 22.7 Å². The highest BCUT2D eigenvalue weighted by Crippen LogP contribution is 2.21. The molecule has 126 valence electrons. The molecule has 1 N–H and O–H groups in total. The Hall–Kier alpha value is -2.58. The van der Waals surface area contributed by atoms with E-state index in [1.54, 1.807) is 22.7 Å². The number of rotatable bonds is 5. The normalized spacial score (nSPS) is 11.1. The van der Waals surface area contributed by atoms with Gasteiger partial charge in [-0.2, -0.15) is 4.98 Å². The molecule has 0 unspecified atom stereocenters. The first-order valence-electron chi connectivity index (χ1n) is 7.61. The van der Waals surface area contributed by atoms with Gasteiger partial charge in [0.15, 0.2) is 5.82 Å². The zero-order valence-electron chi connectivity index (χ0n) is 13.0. The number of benzene rings is 1. The molecule has 0 bridgehead atoms. The second-order valence-corrected chi connectivity index (χ2v) is 7.13. The van der Waals surface area contributed by atoms with Crippen molar-refractivity contribution in [3.63, 3.8) is 0 Å². The van der Waals surface area contributed by atoms with E-state index in [-0.39, 0.29) is 11.7 Å². The van der Waals surface area contributed by atoms with E-state index in [0.29, 0.717) is 23.7 Å². The lowest BCUT2D eigenvalue weighted by atomic mass is 10.2. The second kappa shape index (κ2) is 6.73. The van der Waals surface area contributed by atoms with Gasteiger partial charge in [0.05, 0.1) is 10.6 Å². The van der Waals surface area contributed by atoms with Gasteiger partial charge in [0, 0.05) is 23.9 Å². The van der Waals surface area contributed by atoms with Crippen LogP contribution < -0.4 is 5.32 Å². The molecule has 1 aromatic carbocycles. The number of aromatic nitrogens is 3. The van der Waals surface area contributed by atoms with E-state index in [1.165, 1.54) is 34.8 Å². The molecule has 1 amide bonds. The number of nitrogens with one attached hydrogen (secondary N) is 1. The van der Waals surface area contributed by atoms with E-state index < -0.39 is 0 Å². The van der Waals surface area contributed by atoms with Crippen LogP contribution in [0.5, 0.6) is 0 Å². The van der Waals surface area contributed by atoms with Gasteiger partial charge in [-0.15, -0.1) is 27.8 Å². The molecule has 8 heteroatoms. The third-order valence-corrected chi connectivity index (χ3v) is 5.40. The highest BCUT2D eigenvalue weighted by molar-refractivity contribution is 7.15. The van der Waals surface area contributed by atoms with E-state index in [2.05, 4.69) is 15.4 Å². The Morgan fingerprint density at radius 1 is 1.20 bits per heavy atom. The number of amides is 1. The molecule has 0 aliphatic carbocycles. The lowest BCUT2D eigenvalue weighted by molar-refractivity contribution is 0.0958. The third-order valence-electron chi connectivity index (χ3n) is 3.66. The monoisotopic (exact) mass is 372 g/mol. The summed E-state index contributed by atoms with van der Waals surface area (Å²) in [5, 5.41) is 11.3. The van der Waals surface area contributed by atoms with Gasteiger partial charge in [0.1, 0.15) is 5.82 Å². The largest absolute Gasteiger partial charge is 0.351 e. The first-order valence-corrected chi connectivity index (χ1v) is 9.37. The van der Waals surface area contributed by atoms with Gasteiger partial charge >= 0.3 is 0 Å². The number of hydrogen-bond acceptors (Lipinski definition) is 5. The zero-order valence-corrected chi connectivity index (χ0v) is 14.6. The summed E-state index contributed by atoms with van der Waals surface area (Å²) in [6.07, 6.45) is 0.656. The van der Waals surface area contributed by atoms with Crippen LogP contribution in [0.3, 0.4) is 0 Å². The second-order valence-electron chi connectivity index (χ2n) is 5.35. The van der Waals surface area contributed by atoms with Crippen molar-refractivity contribution in [2.75, 3.05) is 6.54 Å². The lowest BCUT2D eigenvalue weighted by Crippen LogP contribution is -2.25. The van der Waals surface area contributed by atoms with Crippen molar-refractivity contribution in [2.45, 2.75) is 6.42 Å². The van der Waals surface area contributed by atoms with Crippen LogP contribution in [-0.2, 0) is 6.42 Å². The summed E-state index contributed by atoms with van der Waals surface area (Å²) >= 11 is 2.91. The molecule has 0 atom stereocenters. The minimum Gasteiger partial charge on any atom is -0.351 e. The fraction of sp³-hybridized carbons (Fsp3) is 0.118. The van der Waals surface area contributed by atoms with Crippen LogP contribution in [0.1, 0.15) is 15.4 Å². The molecule has 0 spiro atoms. The minimum absolute atomic E-state index is 0.0629. The summed E-state index contributed by atoms with van der Waals surface area (Å²) in [5.74, 6) is 0.217. The quantitative estimate of drug-likeness (QED) is 0.582. The van der Waals surface area contributed by atoms with E-state index in [1.807, 2.05) is 16.8 Å². The van der Waals surface area contributed by atoms with Crippen molar-refractivity contribution in [3.05, 3.63) is 63.5 Å². The topological polar surface area (TPSA) is 59.3 Å². The third kappa shape index (κ3) is 3.31. The van der Waals surface area contributed by atoms with Gasteiger partial charge in [0.25, 0.3) is 5.91 Å². The fourth-order valence-corrected chi connectivity index (χ4v) is 3.91. The maximum atomic E-state index is 13.0. The fourth-order valence-electron chi connectivity index (χ4n) is 2.42. The van der Waals surface area contributed by atoms with Gasteiger partial charge in [-0.05, 0) is 35.7 Å². The first kappa shape index (κ1) is 15.9. The number of halogens is 1. The SMILES string of the molecule is O=C(NCCc1csc2nc(-c3ccc(F)cc3)nn12)c1cccs1. The summed E-state index contributed by atoms with van der Waals surface area (Å²) in [4.78, 5) is 17.9. The predicted octanol–water partition coefficient (Wildman–Crippen LogP) is 3.63. The maximum Gasteiger partial charge on any atom is 0.261 e. The molecule has 4 rings (SSSR count). The van der Waals surface area contributed by atoms with Crippen LogP contribution in [0.4, 0.5) is 4.39 Å². The van der Waals surface area contributed by atoms with Crippen LogP contribution in [0.2, 0.25) is 0 Å². The maximum absolute atomic E-state index is 13.0. The van der Waals surface area contributed by atoms with Crippen molar-refractivity contribution >= 4 is 33.5 Å². The Labute approximate surface area is 150 Å². The van der Waals surface area contributed by atoms with Crippen molar-refractivity contribution in [1.82, 2.24) is 19.9 Å². The number of hydrogen-bond donors (Lipinski definition) is 1. The molecule has 0 fully saturated rings. The summed E-state index contributed by atoms with van der Waals surface area (Å²) in [6.45, 7) is 0.522. The summed E-state index contributed by atoms with van der Waals surface area (Å²) < 4.78 is 14.8. The molecule has 5 nitrogen and oxygen atoms in total. The first-order chi connectivity index (χ1) is 12.2. The number of thiazole rings is 1. The molecule has 0 saturated heterocycles. The zero-order chi connectivity index (χ0) is 17.2. The molecule has 3 aromatic heterocycles. The van der Waals surface area contributed by atoms with Crippen molar-refractivity contribution in [1.29, 1.82) is 0 Å². The summed E-state index contributed by atoms with van der Waals surface area (Å²) in [6, 6.07) is 9.77. The van der Waals surface area contributed by atoms with Crippen LogP contribution in [0.15, 0.2) is 47.2 Å². The van der Waals surface area contributed by atoms with Gasteiger partial charge in [-0.1, -0.05) is 6.07 Å². The highest BCUT2D eigenvalue weighted by atomic mass is 32.1. The van der Waals surface area contributed by atoms with Gasteiger partial charge < -0.3 is 5.32 Å². The Bertz CT molecular complexity index is 1010. The average molecular weight is 372 g/mol. The summed E-state index contributed by atoms with van der Waals surface area (Å²) in [7, 11) is 0. The minimum atomic E-state index is -0.285. The lowest BCUT2D eigenvalue weighted by Gasteiger charge is -2.02. The van der Waals surface area contributed by atoms with Gasteiger partial charge in [-0.25, -0.2) is 8.91 Å². The smallest absolute Gasteiger partial charge is 0.261 e. The standard InChI is InChI=1S/C17H13FN4OS2/c18-12-5-3-11(4-6-12)15-20-17-22(21-15)13(10-25-17)7-8-19-16(23)14-2-1-9-24-14/h1-6,9-10H,7-8H2,(H,19,23). The Kier molecular flexibility index (Phi) is 4.29. The molecule has 0 radical (unpaired) electrons. The molecule has 25 heavy (non-hydrogen) atoms. The van der Waals surface area contributed by atoms with Crippen LogP contribution in [0.25, 0.3) is 16.3 Å². The molecule has 3 heterocycles. The van der Waals surface area contributed by atoms with Crippen LogP contribution in [0, 0.1) is 5.82 Å². The molecular weight excluding hydrogens is 359 g/mol. The Morgan fingerprint density at radius 2 is 2.04 bits per heavy atom. The van der Waals surface area contributed by atoms with Gasteiger partial charge in [0.2, 0.25) is 4.96 Å².